The van der Waals surface area contributed by atoms with Crippen molar-refractivity contribution < 1.29 is 9.59 Å². The lowest BCUT2D eigenvalue weighted by Gasteiger charge is -2.25. The van der Waals surface area contributed by atoms with Crippen molar-refractivity contribution in [1.29, 1.82) is 0 Å². The fourth-order valence-corrected chi connectivity index (χ4v) is 3.69. The van der Waals surface area contributed by atoms with Crippen molar-refractivity contribution in [3.63, 3.8) is 0 Å². The van der Waals surface area contributed by atoms with Crippen molar-refractivity contribution in [1.82, 2.24) is 10.2 Å². The number of carbonyl (C=O) groups excluding carboxylic acids is 2. The Morgan fingerprint density at radius 1 is 0.893 bits per heavy atom. The molecule has 5 heteroatoms. The van der Waals surface area contributed by atoms with E-state index in [-0.39, 0.29) is 24.3 Å². The zero-order chi connectivity index (χ0) is 19.8. The van der Waals surface area contributed by atoms with E-state index in [9.17, 15) is 9.59 Å². The van der Waals surface area contributed by atoms with Gasteiger partial charge in [-0.2, -0.15) is 0 Å². The zero-order valence-corrected chi connectivity index (χ0v) is 16.2. The van der Waals surface area contributed by atoms with E-state index < -0.39 is 6.04 Å². The van der Waals surface area contributed by atoms with Crippen LogP contribution in [-0.4, -0.2) is 41.9 Å². The fraction of sp³-hybridized carbons (Fsp3) is 0.391. The van der Waals surface area contributed by atoms with Crippen LogP contribution in [0.1, 0.15) is 30.4 Å². The van der Waals surface area contributed by atoms with Gasteiger partial charge in [0.2, 0.25) is 11.8 Å². The maximum atomic E-state index is 12.9. The highest BCUT2D eigenvalue weighted by Gasteiger charge is 2.28. The lowest BCUT2D eigenvalue weighted by atomic mass is 10.0. The average Bonchev–Trinajstić information content (AvgIpc) is 3.23. The summed E-state index contributed by atoms with van der Waals surface area (Å²) in [6, 6.07) is 18.9. The summed E-state index contributed by atoms with van der Waals surface area (Å²) in [5.74, 6) is -0.164. The first-order chi connectivity index (χ1) is 13.6. The Balaban J connectivity index is 1.60. The van der Waals surface area contributed by atoms with Gasteiger partial charge in [0.15, 0.2) is 0 Å². The van der Waals surface area contributed by atoms with Crippen molar-refractivity contribution in [3.8, 4) is 0 Å². The molecule has 1 saturated heterocycles. The molecule has 2 atom stereocenters. The molecule has 3 rings (SSSR count). The molecule has 2 aromatic carbocycles. The van der Waals surface area contributed by atoms with E-state index in [4.69, 9.17) is 5.73 Å². The third kappa shape index (κ3) is 5.92. The number of rotatable bonds is 8. The highest BCUT2D eigenvalue weighted by molar-refractivity contribution is 5.88. The molecule has 0 saturated carbocycles. The topological polar surface area (TPSA) is 75.4 Å². The average molecular weight is 380 g/mol. The van der Waals surface area contributed by atoms with Crippen LogP contribution in [-0.2, 0) is 22.4 Å². The molecule has 1 aliphatic heterocycles. The van der Waals surface area contributed by atoms with E-state index in [1.807, 2.05) is 65.6 Å². The fourth-order valence-electron chi connectivity index (χ4n) is 3.69. The van der Waals surface area contributed by atoms with Crippen molar-refractivity contribution in [2.24, 2.45) is 5.73 Å². The number of likely N-dealkylation sites (tertiary alicyclic amines) is 1. The number of benzene rings is 2. The van der Waals surface area contributed by atoms with Gasteiger partial charge >= 0.3 is 0 Å². The molecule has 1 unspecified atom stereocenters. The Labute approximate surface area is 166 Å². The maximum absolute atomic E-state index is 12.9. The molecule has 0 bridgehead atoms. The SMILES string of the molecule is N[C@@H](CC(=O)NC(Cc1ccccc1)C(=O)N1CCCC1)Cc1ccccc1. The Hall–Kier alpha value is -2.66. The van der Waals surface area contributed by atoms with Crippen LogP contribution in [0.15, 0.2) is 60.7 Å². The molecule has 0 radical (unpaired) electrons. The van der Waals surface area contributed by atoms with Crippen LogP contribution in [0.2, 0.25) is 0 Å². The molecule has 2 aromatic rings. The number of hydrogen-bond donors (Lipinski definition) is 2. The summed E-state index contributed by atoms with van der Waals surface area (Å²) >= 11 is 0. The largest absolute Gasteiger partial charge is 0.344 e. The first kappa shape index (κ1) is 20.1. The highest BCUT2D eigenvalue weighted by atomic mass is 16.2. The van der Waals surface area contributed by atoms with E-state index in [1.165, 1.54) is 0 Å². The van der Waals surface area contributed by atoms with Crippen LogP contribution in [0.3, 0.4) is 0 Å². The second-order valence-corrected chi connectivity index (χ2v) is 7.50. The van der Waals surface area contributed by atoms with Crippen LogP contribution in [0.4, 0.5) is 0 Å². The lowest BCUT2D eigenvalue weighted by molar-refractivity contribution is -0.135. The van der Waals surface area contributed by atoms with Crippen LogP contribution in [0, 0.1) is 0 Å². The number of amides is 2. The molecule has 1 fully saturated rings. The molecular formula is C23H29N3O2. The van der Waals surface area contributed by atoms with Crippen LogP contribution in [0.25, 0.3) is 0 Å². The minimum Gasteiger partial charge on any atom is -0.344 e. The molecule has 0 aliphatic carbocycles. The molecule has 0 spiro atoms. The standard InChI is InChI=1S/C23H29N3O2/c24-20(15-18-9-3-1-4-10-18)17-22(27)25-21(16-19-11-5-2-6-12-19)23(28)26-13-7-8-14-26/h1-6,9-12,20-21H,7-8,13-17,24H2,(H,25,27)/t20-,21?/m1/s1. The van der Waals surface area contributed by atoms with E-state index in [0.29, 0.717) is 12.8 Å². The molecule has 0 aromatic heterocycles. The summed E-state index contributed by atoms with van der Waals surface area (Å²) < 4.78 is 0. The molecule has 2 amide bonds. The van der Waals surface area contributed by atoms with Crippen LogP contribution >= 0.6 is 0 Å². The zero-order valence-electron chi connectivity index (χ0n) is 16.2. The Morgan fingerprint density at radius 2 is 1.43 bits per heavy atom. The van der Waals surface area contributed by atoms with Gasteiger partial charge in [0, 0.05) is 32.0 Å². The van der Waals surface area contributed by atoms with Crippen molar-refractivity contribution >= 4 is 11.8 Å². The van der Waals surface area contributed by atoms with Crippen molar-refractivity contribution in [2.45, 2.75) is 44.2 Å². The Kier molecular flexibility index (Phi) is 7.20. The normalized spacial score (nSPS) is 15.8. The van der Waals surface area contributed by atoms with Gasteiger partial charge in [-0.05, 0) is 30.4 Å². The predicted molar refractivity (Wildman–Crippen MR) is 111 cm³/mol. The van der Waals surface area contributed by atoms with E-state index in [0.717, 1.165) is 37.1 Å². The number of nitrogens with zero attached hydrogens (tertiary/aromatic N) is 1. The van der Waals surface area contributed by atoms with Crippen LogP contribution < -0.4 is 11.1 Å². The summed E-state index contributed by atoms with van der Waals surface area (Å²) in [6.07, 6.45) is 3.39. The molecule has 28 heavy (non-hydrogen) atoms. The highest BCUT2D eigenvalue weighted by Crippen LogP contribution is 2.13. The van der Waals surface area contributed by atoms with Gasteiger partial charge in [0.05, 0.1) is 0 Å². The van der Waals surface area contributed by atoms with E-state index >= 15 is 0 Å². The van der Waals surface area contributed by atoms with Gasteiger partial charge in [0.1, 0.15) is 6.04 Å². The van der Waals surface area contributed by atoms with Gasteiger partial charge in [0.25, 0.3) is 0 Å². The minimum atomic E-state index is -0.545. The van der Waals surface area contributed by atoms with Gasteiger partial charge in [-0.1, -0.05) is 60.7 Å². The van der Waals surface area contributed by atoms with Gasteiger partial charge < -0.3 is 16.0 Å². The van der Waals surface area contributed by atoms with E-state index in [2.05, 4.69) is 5.32 Å². The van der Waals surface area contributed by atoms with Crippen molar-refractivity contribution in [3.05, 3.63) is 71.8 Å². The monoisotopic (exact) mass is 379 g/mol. The smallest absolute Gasteiger partial charge is 0.245 e. The molecule has 148 valence electrons. The molecule has 3 N–H and O–H groups in total. The van der Waals surface area contributed by atoms with Crippen molar-refractivity contribution in [2.75, 3.05) is 13.1 Å². The number of nitrogens with two attached hydrogens (primary N) is 1. The third-order valence-corrected chi connectivity index (χ3v) is 5.12. The predicted octanol–water partition coefficient (Wildman–Crippen LogP) is 2.30. The molecule has 5 nitrogen and oxygen atoms in total. The summed E-state index contributed by atoms with van der Waals surface area (Å²) in [7, 11) is 0. The second-order valence-electron chi connectivity index (χ2n) is 7.50. The molecular weight excluding hydrogens is 350 g/mol. The number of carbonyl (C=O) groups is 2. The minimum absolute atomic E-state index is 0.00586. The van der Waals surface area contributed by atoms with Crippen LogP contribution in [0.5, 0.6) is 0 Å². The molecule has 1 heterocycles. The quantitative estimate of drug-likeness (QED) is 0.739. The second kappa shape index (κ2) is 10.0. The van der Waals surface area contributed by atoms with Gasteiger partial charge in [-0.15, -0.1) is 0 Å². The number of hydrogen-bond acceptors (Lipinski definition) is 3. The van der Waals surface area contributed by atoms with Gasteiger partial charge in [-0.3, -0.25) is 9.59 Å². The first-order valence-electron chi connectivity index (χ1n) is 10.0. The third-order valence-electron chi connectivity index (χ3n) is 5.12. The summed E-state index contributed by atoms with van der Waals surface area (Å²) in [5.41, 5.74) is 8.32. The lowest BCUT2D eigenvalue weighted by Crippen LogP contribution is -2.49. The number of nitrogens with one attached hydrogen (secondary N) is 1. The summed E-state index contributed by atoms with van der Waals surface area (Å²) in [6.45, 7) is 1.54. The summed E-state index contributed by atoms with van der Waals surface area (Å²) in [5, 5.41) is 2.95. The maximum Gasteiger partial charge on any atom is 0.245 e. The Morgan fingerprint density at radius 3 is 2.00 bits per heavy atom. The van der Waals surface area contributed by atoms with E-state index in [1.54, 1.807) is 0 Å². The first-order valence-corrected chi connectivity index (χ1v) is 10.0. The van der Waals surface area contributed by atoms with Gasteiger partial charge in [-0.25, -0.2) is 0 Å². The molecule has 1 aliphatic rings. The summed E-state index contributed by atoms with van der Waals surface area (Å²) in [4.78, 5) is 27.4. The Bertz CT molecular complexity index is 758.